The highest BCUT2D eigenvalue weighted by Gasteiger charge is 2.21. The molecule has 4 aromatic rings. The molecule has 0 aliphatic rings. The fourth-order valence-electron chi connectivity index (χ4n) is 3.09. The Bertz CT molecular complexity index is 1020. The van der Waals surface area contributed by atoms with Crippen molar-refractivity contribution in [3.63, 3.8) is 0 Å². The van der Waals surface area contributed by atoms with Gasteiger partial charge in [0.15, 0.2) is 0 Å². The number of rotatable bonds is 2. The largest absolute Gasteiger partial charge is 0.465 e. The second-order valence-corrected chi connectivity index (χ2v) is 5.44. The summed E-state index contributed by atoms with van der Waals surface area (Å²) in [7, 11) is 1.42. The highest BCUT2D eigenvalue weighted by Crippen LogP contribution is 2.35. The van der Waals surface area contributed by atoms with Crippen LogP contribution < -0.4 is 0 Å². The predicted octanol–water partition coefficient (Wildman–Crippen LogP) is 4.77. The zero-order valence-corrected chi connectivity index (χ0v) is 12.7. The number of aromatic nitrogens is 1. The number of carbonyl (C=O) groups is 1. The molecule has 112 valence electrons. The lowest BCUT2D eigenvalue weighted by atomic mass is 10.0. The minimum atomic E-state index is -0.327. The molecule has 0 saturated carbocycles. The van der Waals surface area contributed by atoms with E-state index >= 15 is 0 Å². The highest BCUT2D eigenvalue weighted by molar-refractivity contribution is 6.19. The van der Waals surface area contributed by atoms with Crippen LogP contribution in [0.15, 0.2) is 66.7 Å². The van der Waals surface area contributed by atoms with E-state index < -0.39 is 0 Å². The number of hydrogen-bond acceptors (Lipinski definition) is 2. The summed E-state index contributed by atoms with van der Waals surface area (Å²) < 4.78 is 5.05. The summed E-state index contributed by atoms with van der Waals surface area (Å²) in [5.41, 5.74) is 3.28. The Morgan fingerprint density at radius 3 is 2.43 bits per heavy atom. The summed E-state index contributed by atoms with van der Waals surface area (Å²) in [4.78, 5) is 15.9. The molecule has 1 aromatic heterocycles. The lowest BCUT2D eigenvalue weighted by molar-refractivity contribution is 0.0604. The number of methoxy groups -OCH3 is 1. The average Bonchev–Trinajstić information content (AvgIpc) is 3.02. The summed E-state index contributed by atoms with van der Waals surface area (Å²) in [6, 6.07) is 22.0. The van der Waals surface area contributed by atoms with E-state index in [2.05, 4.69) is 11.1 Å². The van der Waals surface area contributed by atoms with E-state index in [0.717, 1.165) is 32.9 Å². The van der Waals surface area contributed by atoms with Gasteiger partial charge in [0.05, 0.1) is 18.4 Å². The number of benzene rings is 3. The van der Waals surface area contributed by atoms with E-state index in [9.17, 15) is 4.79 Å². The molecule has 1 N–H and O–H groups in total. The van der Waals surface area contributed by atoms with Crippen molar-refractivity contribution in [1.82, 2.24) is 4.98 Å². The van der Waals surface area contributed by atoms with Gasteiger partial charge in [0, 0.05) is 10.9 Å². The molecule has 0 spiro atoms. The first-order chi connectivity index (χ1) is 11.3. The van der Waals surface area contributed by atoms with Gasteiger partial charge in [-0.25, -0.2) is 4.79 Å². The molecule has 1 heterocycles. The van der Waals surface area contributed by atoms with Crippen LogP contribution in [0.2, 0.25) is 0 Å². The number of esters is 1. The normalized spacial score (nSPS) is 11.0. The third kappa shape index (κ3) is 2.09. The molecule has 0 aliphatic heterocycles. The van der Waals surface area contributed by atoms with Crippen LogP contribution >= 0.6 is 0 Å². The van der Waals surface area contributed by atoms with Gasteiger partial charge < -0.3 is 9.72 Å². The molecular formula is C20H15NO2. The van der Waals surface area contributed by atoms with Gasteiger partial charge >= 0.3 is 5.97 Å². The molecule has 0 aliphatic carbocycles. The van der Waals surface area contributed by atoms with Crippen molar-refractivity contribution >= 4 is 27.6 Å². The molecule has 3 nitrogen and oxygen atoms in total. The monoisotopic (exact) mass is 301 g/mol. The van der Waals surface area contributed by atoms with E-state index in [1.54, 1.807) is 0 Å². The standard InChI is InChI=1S/C20H15NO2/c1-23-20(22)18-17-15-10-6-5-7-13(15)11-12-16(17)21-19(18)14-8-3-2-4-9-14/h2-12,21H,1H3. The van der Waals surface area contributed by atoms with Crippen molar-refractivity contribution in [1.29, 1.82) is 0 Å². The van der Waals surface area contributed by atoms with Gasteiger partial charge in [0.25, 0.3) is 0 Å². The van der Waals surface area contributed by atoms with Gasteiger partial charge in [-0.2, -0.15) is 0 Å². The molecule has 3 heteroatoms. The van der Waals surface area contributed by atoms with E-state index in [1.165, 1.54) is 7.11 Å². The van der Waals surface area contributed by atoms with E-state index in [-0.39, 0.29) is 5.97 Å². The summed E-state index contributed by atoms with van der Waals surface area (Å²) in [5.74, 6) is -0.327. The van der Waals surface area contributed by atoms with Crippen LogP contribution in [0.1, 0.15) is 10.4 Å². The Labute approximate surface area is 133 Å². The molecule has 3 aromatic carbocycles. The molecule has 0 amide bonds. The van der Waals surface area contributed by atoms with Crippen molar-refractivity contribution < 1.29 is 9.53 Å². The zero-order valence-electron chi connectivity index (χ0n) is 12.7. The molecule has 0 radical (unpaired) electrons. The number of carbonyl (C=O) groups excluding carboxylic acids is 1. The van der Waals surface area contributed by atoms with Gasteiger partial charge in [-0.3, -0.25) is 0 Å². The number of ether oxygens (including phenoxy) is 1. The number of H-pyrrole nitrogens is 1. The van der Waals surface area contributed by atoms with Crippen molar-refractivity contribution in [2.45, 2.75) is 0 Å². The lowest BCUT2D eigenvalue weighted by Crippen LogP contribution is -2.02. The topological polar surface area (TPSA) is 42.1 Å². The van der Waals surface area contributed by atoms with Crippen LogP contribution in [0, 0.1) is 0 Å². The third-order valence-electron chi connectivity index (χ3n) is 4.14. The maximum Gasteiger partial charge on any atom is 0.340 e. The fourth-order valence-corrected chi connectivity index (χ4v) is 3.09. The van der Waals surface area contributed by atoms with Crippen molar-refractivity contribution in [3.8, 4) is 11.3 Å². The van der Waals surface area contributed by atoms with Crippen LogP contribution in [-0.4, -0.2) is 18.1 Å². The Hall–Kier alpha value is -3.07. The molecule has 0 saturated heterocycles. The maximum atomic E-state index is 12.5. The number of nitrogens with one attached hydrogen (secondary N) is 1. The van der Waals surface area contributed by atoms with Gasteiger partial charge in [0.1, 0.15) is 0 Å². The second kappa shape index (κ2) is 5.29. The van der Waals surface area contributed by atoms with Crippen molar-refractivity contribution in [2.24, 2.45) is 0 Å². The van der Waals surface area contributed by atoms with Gasteiger partial charge in [-0.1, -0.05) is 60.7 Å². The van der Waals surface area contributed by atoms with Crippen LogP contribution in [0.4, 0.5) is 0 Å². The Balaban J connectivity index is 2.16. The number of hydrogen-bond donors (Lipinski definition) is 1. The van der Waals surface area contributed by atoms with E-state index in [0.29, 0.717) is 5.56 Å². The molecule has 0 bridgehead atoms. The highest BCUT2D eigenvalue weighted by atomic mass is 16.5. The minimum absolute atomic E-state index is 0.327. The molecular weight excluding hydrogens is 286 g/mol. The van der Waals surface area contributed by atoms with Crippen LogP contribution in [0.3, 0.4) is 0 Å². The summed E-state index contributed by atoms with van der Waals surface area (Å²) in [6.45, 7) is 0. The first-order valence-corrected chi connectivity index (χ1v) is 7.47. The lowest BCUT2D eigenvalue weighted by Gasteiger charge is -2.05. The van der Waals surface area contributed by atoms with Gasteiger partial charge in [-0.05, 0) is 22.4 Å². The average molecular weight is 301 g/mol. The summed E-state index contributed by atoms with van der Waals surface area (Å²) in [6.07, 6.45) is 0. The first kappa shape index (κ1) is 13.6. The quantitative estimate of drug-likeness (QED) is 0.542. The second-order valence-electron chi connectivity index (χ2n) is 5.44. The number of fused-ring (bicyclic) bond motifs is 3. The number of aromatic amines is 1. The maximum absolute atomic E-state index is 12.5. The first-order valence-electron chi connectivity index (χ1n) is 7.47. The van der Waals surface area contributed by atoms with Crippen LogP contribution in [0.25, 0.3) is 32.9 Å². The summed E-state index contributed by atoms with van der Waals surface area (Å²) >= 11 is 0. The predicted molar refractivity (Wildman–Crippen MR) is 92.6 cm³/mol. The minimum Gasteiger partial charge on any atom is -0.465 e. The molecule has 0 unspecified atom stereocenters. The van der Waals surface area contributed by atoms with E-state index in [4.69, 9.17) is 4.74 Å². The smallest absolute Gasteiger partial charge is 0.340 e. The summed E-state index contributed by atoms with van der Waals surface area (Å²) in [5, 5.41) is 3.06. The third-order valence-corrected chi connectivity index (χ3v) is 4.14. The van der Waals surface area contributed by atoms with Crippen molar-refractivity contribution in [3.05, 3.63) is 72.3 Å². The van der Waals surface area contributed by atoms with Crippen LogP contribution in [0.5, 0.6) is 0 Å². The van der Waals surface area contributed by atoms with Crippen LogP contribution in [-0.2, 0) is 4.74 Å². The van der Waals surface area contributed by atoms with Gasteiger partial charge in [-0.15, -0.1) is 0 Å². The van der Waals surface area contributed by atoms with E-state index in [1.807, 2.05) is 60.7 Å². The Kier molecular flexibility index (Phi) is 3.12. The molecule has 0 atom stereocenters. The fraction of sp³-hybridized carbons (Fsp3) is 0.0500. The Morgan fingerprint density at radius 1 is 0.913 bits per heavy atom. The molecule has 0 fully saturated rings. The zero-order chi connectivity index (χ0) is 15.8. The molecule has 23 heavy (non-hydrogen) atoms. The Morgan fingerprint density at radius 2 is 1.65 bits per heavy atom. The van der Waals surface area contributed by atoms with Gasteiger partial charge in [0.2, 0.25) is 0 Å². The molecule has 4 rings (SSSR count). The SMILES string of the molecule is COC(=O)c1c(-c2ccccc2)[nH]c2ccc3ccccc3c12. The van der Waals surface area contributed by atoms with Crippen molar-refractivity contribution in [2.75, 3.05) is 7.11 Å².